The lowest BCUT2D eigenvalue weighted by molar-refractivity contribution is -0.134. The molecule has 162 valence electrons. The average Bonchev–Trinajstić information content (AvgIpc) is 2.82. The predicted molar refractivity (Wildman–Crippen MR) is 118 cm³/mol. The predicted octanol–water partition coefficient (Wildman–Crippen LogP) is 2.76. The van der Waals surface area contributed by atoms with Gasteiger partial charge in [-0.2, -0.15) is 4.31 Å². The summed E-state index contributed by atoms with van der Waals surface area (Å²) in [6, 6.07) is 19.9. The lowest BCUT2D eigenvalue weighted by atomic mass is 10.1. The third-order valence-corrected chi connectivity index (χ3v) is 7.28. The number of benzene rings is 3. The fourth-order valence-corrected chi connectivity index (χ4v) is 4.99. The van der Waals surface area contributed by atoms with Crippen molar-refractivity contribution in [2.24, 2.45) is 0 Å². The van der Waals surface area contributed by atoms with E-state index in [-0.39, 0.29) is 30.5 Å². The molecule has 3 aromatic rings. The van der Waals surface area contributed by atoms with Crippen molar-refractivity contribution in [1.82, 2.24) is 9.21 Å². The smallest absolute Gasteiger partial charge is 0.260 e. The van der Waals surface area contributed by atoms with Gasteiger partial charge in [-0.25, -0.2) is 8.42 Å². The molecule has 1 amide bonds. The van der Waals surface area contributed by atoms with Crippen LogP contribution in [0.5, 0.6) is 11.5 Å². The van der Waals surface area contributed by atoms with Gasteiger partial charge in [-0.15, -0.1) is 0 Å². The van der Waals surface area contributed by atoms with Crippen LogP contribution in [0.1, 0.15) is 0 Å². The van der Waals surface area contributed by atoms with Crippen molar-refractivity contribution in [2.45, 2.75) is 4.90 Å². The molecule has 0 spiro atoms. The molecule has 8 heteroatoms. The van der Waals surface area contributed by atoms with E-state index >= 15 is 0 Å². The van der Waals surface area contributed by atoms with Crippen LogP contribution in [-0.2, 0) is 14.8 Å². The number of carbonyl (C=O) groups excluding carboxylic acids is 1. The Kier molecular flexibility index (Phi) is 6.11. The van der Waals surface area contributed by atoms with Crippen molar-refractivity contribution < 1.29 is 22.7 Å². The second kappa shape index (κ2) is 8.95. The molecule has 0 atom stereocenters. The SMILES string of the molecule is COc1ccc(S(=O)(=O)N2CCN(C(=O)COc3ccc4ccccc4c3)CC2)cc1. The first-order chi connectivity index (χ1) is 15.0. The highest BCUT2D eigenvalue weighted by atomic mass is 32.2. The second-order valence-electron chi connectivity index (χ2n) is 7.26. The fraction of sp³-hybridized carbons (Fsp3) is 0.261. The summed E-state index contributed by atoms with van der Waals surface area (Å²) in [7, 11) is -2.07. The molecule has 31 heavy (non-hydrogen) atoms. The number of nitrogens with zero attached hydrogens (tertiary/aromatic N) is 2. The number of hydrogen-bond donors (Lipinski definition) is 0. The monoisotopic (exact) mass is 440 g/mol. The van der Waals surface area contributed by atoms with Crippen LogP contribution >= 0.6 is 0 Å². The Morgan fingerprint density at radius 2 is 1.52 bits per heavy atom. The molecule has 0 saturated carbocycles. The molecule has 0 N–H and O–H groups in total. The van der Waals surface area contributed by atoms with Crippen LogP contribution in [0, 0.1) is 0 Å². The Bertz CT molecular complexity index is 1170. The Morgan fingerprint density at radius 3 is 2.19 bits per heavy atom. The first kappa shape index (κ1) is 21.1. The van der Waals surface area contributed by atoms with Gasteiger partial charge in [-0.05, 0) is 47.2 Å². The van der Waals surface area contributed by atoms with Gasteiger partial charge >= 0.3 is 0 Å². The molecule has 4 rings (SSSR count). The van der Waals surface area contributed by atoms with Crippen molar-refractivity contribution in [1.29, 1.82) is 0 Å². The Morgan fingerprint density at radius 1 is 0.871 bits per heavy atom. The van der Waals surface area contributed by atoms with Crippen molar-refractivity contribution in [3.05, 3.63) is 66.7 Å². The summed E-state index contributed by atoms with van der Waals surface area (Å²) in [6.45, 7) is 1.07. The van der Waals surface area contributed by atoms with E-state index in [2.05, 4.69) is 0 Å². The van der Waals surface area contributed by atoms with Crippen LogP contribution in [0.3, 0.4) is 0 Å². The zero-order valence-corrected chi connectivity index (χ0v) is 18.0. The van der Waals surface area contributed by atoms with Gasteiger partial charge in [0.15, 0.2) is 6.61 Å². The van der Waals surface area contributed by atoms with Crippen LogP contribution < -0.4 is 9.47 Å². The maximum absolute atomic E-state index is 12.8. The summed E-state index contributed by atoms with van der Waals surface area (Å²) in [5.41, 5.74) is 0. The van der Waals surface area contributed by atoms with Gasteiger partial charge in [-0.1, -0.05) is 30.3 Å². The number of piperazine rings is 1. The Labute approximate surface area is 181 Å². The number of methoxy groups -OCH3 is 1. The molecule has 7 nitrogen and oxygen atoms in total. The molecule has 0 bridgehead atoms. The van der Waals surface area contributed by atoms with Gasteiger partial charge in [-0.3, -0.25) is 4.79 Å². The van der Waals surface area contributed by atoms with Crippen molar-refractivity contribution in [3.63, 3.8) is 0 Å². The van der Waals surface area contributed by atoms with Gasteiger partial charge in [0.25, 0.3) is 5.91 Å². The molecule has 0 unspecified atom stereocenters. The van der Waals surface area contributed by atoms with Gasteiger partial charge in [0.1, 0.15) is 11.5 Å². The Hall–Kier alpha value is -3.10. The molecular weight excluding hydrogens is 416 g/mol. The maximum atomic E-state index is 12.8. The molecule has 0 aromatic heterocycles. The van der Waals surface area contributed by atoms with Gasteiger partial charge in [0.2, 0.25) is 10.0 Å². The summed E-state index contributed by atoms with van der Waals surface area (Å²) < 4.78 is 37.8. The number of fused-ring (bicyclic) bond motifs is 1. The molecule has 3 aromatic carbocycles. The number of rotatable bonds is 6. The Balaban J connectivity index is 1.32. The molecule has 1 fully saturated rings. The summed E-state index contributed by atoms with van der Waals surface area (Å²) in [5, 5.41) is 2.15. The normalized spacial score (nSPS) is 15.1. The number of hydrogen-bond acceptors (Lipinski definition) is 5. The van der Waals surface area contributed by atoms with Gasteiger partial charge in [0, 0.05) is 26.2 Å². The summed E-state index contributed by atoms with van der Waals surface area (Å²) >= 11 is 0. The van der Waals surface area contributed by atoms with E-state index < -0.39 is 10.0 Å². The lowest BCUT2D eigenvalue weighted by Gasteiger charge is -2.34. The van der Waals surface area contributed by atoms with Crippen molar-refractivity contribution in [2.75, 3.05) is 39.9 Å². The number of sulfonamides is 1. The third kappa shape index (κ3) is 4.65. The average molecular weight is 441 g/mol. The van der Waals surface area contributed by atoms with Crippen LogP contribution in [0.15, 0.2) is 71.6 Å². The van der Waals surface area contributed by atoms with E-state index in [1.807, 2.05) is 42.5 Å². The summed E-state index contributed by atoms with van der Waals surface area (Å²) in [6.07, 6.45) is 0. The van der Waals surface area contributed by atoms with Crippen LogP contribution in [0.25, 0.3) is 10.8 Å². The quantitative estimate of drug-likeness (QED) is 0.589. The van der Waals surface area contributed by atoms with Crippen LogP contribution in [0.2, 0.25) is 0 Å². The zero-order chi connectivity index (χ0) is 21.8. The van der Waals surface area contributed by atoms with E-state index in [1.54, 1.807) is 17.0 Å². The topological polar surface area (TPSA) is 76.2 Å². The standard InChI is InChI=1S/C23H24N2O5S/c1-29-20-8-10-22(11-9-20)31(27,28)25-14-12-24(13-15-25)23(26)17-30-21-7-6-18-4-2-3-5-19(18)16-21/h2-11,16H,12-15,17H2,1H3. The highest BCUT2D eigenvalue weighted by Crippen LogP contribution is 2.22. The van der Waals surface area contributed by atoms with Crippen molar-refractivity contribution in [3.8, 4) is 11.5 Å². The van der Waals surface area contributed by atoms with Crippen LogP contribution in [-0.4, -0.2) is 63.4 Å². The maximum Gasteiger partial charge on any atom is 0.260 e. The molecule has 1 saturated heterocycles. The summed E-state index contributed by atoms with van der Waals surface area (Å²) in [4.78, 5) is 14.4. The molecular formula is C23H24N2O5S. The van der Waals surface area contributed by atoms with E-state index in [9.17, 15) is 13.2 Å². The van der Waals surface area contributed by atoms with Gasteiger partial charge < -0.3 is 14.4 Å². The number of ether oxygens (including phenoxy) is 2. The zero-order valence-electron chi connectivity index (χ0n) is 17.2. The summed E-state index contributed by atoms with van der Waals surface area (Å²) in [5.74, 6) is 1.07. The number of carbonyl (C=O) groups is 1. The van der Waals surface area contributed by atoms with Crippen LogP contribution in [0.4, 0.5) is 0 Å². The minimum atomic E-state index is -3.60. The molecule has 1 heterocycles. The molecule has 1 aliphatic rings. The minimum absolute atomic E-state index is 0.0798. The lowest BCUT2D eigenvalue weighted by Crippen LogP contribution is -2.51. The third-order valence-electron chi connectivity index (χ3n) is 5.37. The first-order valence-electron chi connectivity index (χ1n) is 10.0. The van der Waals surface area contributed by atoms with Gasteiger partial charge in [0.05, 0.1) is 12.0 Å². The molecule has 0 radical (unpaired) electrons. The van der Waals surface area contributed by atoms with E-state index in [1.165, 1.54) is 23.5 Å². The highest BCUT2D eigenvalue weighted by molar-refractivity contribution is 7.89. The van der Waals surface area contributed by atoms with E-state index in [4.69, 9.17) is 9.47 Å². The molecule has 1 aliphatic heterocycles. The fourth-order valence-electron chi connectivity index (χ4n) is 3.57. The van der Waals surface area contributed by atoms with Crippen molar-refractivity contribution >= 4 is 26.7 Å². The second-order valence-corrected chi connectivity index (χ2v) is 9.20. The minimum Gasteiger partial charge on any atom is -0.497 e. The first-order valence-corrected chi connectivity index (χ1v) is 11.4. The number of amides is 1. The largest absolute Gasteiger partial charge is 0.497 e. The van der Waals surface area contributed by atoms with E-state index in [0.717, 1.165) is 10.8 Å². The highest BCUT2D eigenvalue weighted by Gasteiger charge is 2.30. The van der Waals surface area contributed by atoms with E-state index in [0.29, 0.717) is 24.6 Å². The molecule has 0 aliphatic carbocycles.